The van der Waals surface area contributed by atoms with Crippen molar-refractivity contribution in [2.75, 3.05) is 19.6 Å². The van der Waals surface area contributed by atoms with Crippen molar-refractivity contribution in [3.05, 3.63) is 40.4 Å². The molecule has 27 heavy (non-hydrogen) atoms. The number of pyridine rings is 1. The van der Waals surface area contributed by atoms with E-state index in [-0.39, 0.29) is 12.0 Å². The summed E-state index contributed by atoms with van der Waals surface area (Å²) in [6, 6.07) is 5.92. The Morgan fingerprint density at radius 1 is 1.30 bits per heavy atom. The zero-order chi connectivity index (χ0) is 19.6. The minimum atomic E-state index is -0.250. The van der Waals surface area contributed by atoms with Crippen molar-refractivity contribution in [1.82, 2.24) is 19.2 Å². The number of nitrogens with zero attached hydrogens (tertiary/aromatic N) is 4. The monoisotopic (exact) mass is 372 g/mol. The molecule has 1 N–H and O–H groups in total. The standard InChI is InChI=1S/C19H26N4O.CH2O2/c1-13(2)9-22-10-14-6-16(12-22)18-7-15(8-19(24)23(18)11-14)17-4-5-21(3)20-17;2-1-3/h4-5,7-8,13-14,16H,6,9-12H2,1-3H3;1H,(H,2,3)/t14-,16+;/m0./s1. The number of aromatic nitrogens is 3. The minimum Gasteiger partial charge on any atom is -0.483 e. The van der Waals surface area contributed by atoms with Crippen LogP contribution in [0.3, 0.4) is 0 Å². The molecule has 4 heterocycles. The number of likely N-dealkylation sites (tertiary alicyclic amines) is 1. The van der Waals surface area contributed by atoms with Gasteiger partial charge < -0.3 is 14.6 Å². The molecule has 1 fully saturated rings. The zero-order valence-corrected chi connectivity index (χ0v) is 16.2. The summed E-state index contributed by atoms with van der Waals surface area (Å²) in [5.74, 6) is 1.76. The fourth-order valence-corrected chi connectivity index (χ4v) is 4.44. The van der Waals surface area contributed by atoms with Crippen LogP contribution in [0.1, 0.15) is 31.9 Å². The van der Waals surface area contributed by atoms with E-state index in [2.05, 4.69) is 29.9 Å². The highest BCUT2D eigenvalue weighted by Gasteiger charge is 2.35. The lowest BCUT2D eigenvalue weighted by atomic mass is 9.82. The Morgan fingerprint density at radius 3 is 2.67 bits per heavy atom. The van der Waals surface area contributed by atoms with Crippen molar-refractivity contribution in [3.63, 3.8) is 0 Å². The van der Waals surface area contributed by atoms with E-state index in [1.807, 2.05) is 23.9 Å². The Kier molecular flexibility index (Phi) is 5.79. The molecule has 0 amide bonds. The highest BCUT2D eigenvalue weighted by atomic mass is 16.3. The maximum atomic E-state index is 12.7. The highest BCUT2D eigenvalue weighted by Crippen LogP contribution is 2.36. The Hall–Kier alpha value is -2.41. The second-order valence-corrected chi connectivity index (χ2v) is 8.01. The fraction of sp³-hybridized carbons (Fsp3) is 0.550. The van der Waals surface area contributed by atoms with Crippen molar-refractivity contribution < 1.29 is 9.90 Å². The topological polar surface area (TPSA) is 80.4 Å². The molecule has 0 unspecified atom stereocenters. The van der Waals surface area contributed by atoms with Gasteiger partial charge in [-0.2, -0.15) is 5.10 Å². The van der Waals surface area contributed by atoms with Crippen LogP contribution in [-0.2, 0) is 18.4 Å². The third-order valence-corrected chi connectivity index (χ3v) is 5.26. The lowest BCUT2D eigenvalue weighted by Gasteiger charge is -2.43. The number of hydrogen-bond acceptors (Lipinski definition) is 4. The summed E-state index contributed by atoms with van der Waals surface area (Å²) in [5, 5.41) is 11.4. The number of carboxylic acid groups (broad SMARTS) is 1. The van der Waals surface area contributed by atoms with E-state index in [0.29, 0.717) is 17.8 Å². The lowest BCUT2D eigenvalue weighted by molar-refractivity contribution is -0.122. The van der Waals surface area contributed by atoms with Gasteiger partial charge in [0.2, 0.25) is 0 Å². The van der Waals surface area contributed by atoms with Gasteiger partial charge in [-0.25, -0.2) is 0 Å². The van der Waals surface area contributed by atoms with Crippen molar-refractivity contribution in [2.45, 2.75) is 32.7 Å². The molecule has 0 radical (unpaired) electrons. The van der Waals surface area contributed by atoms with Gasteiger partial charge in [0.15, 0.2) is 0 Å². The number of rotatable bonds is 3. The summed E-state index contributed by atoms with van der Waals surface area (Å²) in [7, 11) is 1.91. The summed E-state index contributed by atoms with van der Waals surface area (Å²) in [5.41, 5.74) is 3.16. The largest absolute Gasteiger partial charge is 0.483 e. The van der Waals surface area contributed by atoms with Gasteiger partial charge in [0, 0.05) is 62.7 Å². The first-order chi connectivity index (χ1) is 12.9. The Bertz CT molecular complexity index is 855. The van der Waals surface area contributed by atoms with E-state index < -0.39 is 0 Å². The predicted molar refractivity (Wildman–Crippen MR) is 104 cm³/mol. The molecule has 2 aliphatic rings. The molecule has 0 saturated carbocycles. The zero-order valence-electron chi connectivity index (χ0n) is 16.2. The van der Waals surface area contributed by atoms with Crippen LogP contribution in [0.25, 0.3) is 11.3 Å². The van der Waals surface area contributed by atoms with Gasteiger partial charge >= 0.3 is 0 Å². The van der Waals surface area contributed by atoms with E-state index in [9.17, 15) is 4.79 Å². The molecule has 0 spiro atoms. The molecule has 4 rings (SSSR count). The average molecular weight is 372 g/mol. The van der Waals surface area contributed by atoms with E-state index in [0.717, 1.165) is 37.4 Å². The number of fused-ring (bicyclic) bond motifs is 4. The minimum absolute atomic E-state index is 0.125. The van der Waals surface area contributed by atoms with Crippen LogP contribution < -0.4 is 5.56 Å². The first kappa shape index (κ1) is 19.4. The van der Waals surface area contributed by atoms with Crippen molar-refractivity contribution >= 4 is 6.47 Å². The van der Waals surface area contributed by atoms with Crippen LogP contribution in [0.2, 0.25) is 0 Å². The average Bonchev–Trinajstić information content (AvgIpc) is 3.02. The van der Waals surface area contributed by atoms with E-state index in [1.165, 1.54) is 12.1 Å². The third-order valence-electron chi connectivity index (χ3n) is 5.26. The van der Waals surface area contributed by atoms with Crippen molar-refractivity contribution in [1.29, 1.82) is 0 Å². The van der Waals surface area contributed by atoms with Gasteiger partial charge in [-0.1, -0.05) is 13.8 Å². The molecular formula is C20H28N4O3. The van der Waals surface area contributed by atoms with Crippen LogP contribution >= 0.6 is 0 Å². The van der Waals surface area contributed by atoms with Crippen LogP contribution in [0.4, 0.5) is 0 Å². The summed E-state index contributed by atoms with van der Waals surface area (Å²) >= 11 is 0. The normalized spacial score (nSPS) is 21.3. The lowest BCUT2D eigenvalue weighted by Crippen LogP contribution is -2.48. The summed E-state index contributed by atoms with van der Waals surface area (Å²) in [4.78, 5) is 23.6. The van der Waals surface area contributed by atoms with Gasteiger partial charge in [0.25, 0.3) is 12.0 Å². The van der Waals surface area contributed by atoms with E-state index in [1.54, 1.807) is 10.7 Å². The van der Waals surface area contributed by atoms with Gasteiger partial charge in [-0.15, -0.1) is 0 Å². The quantitative estimate of drug-likeness (QED) is 0.834. The summed E-state index contributed by atoms with van der Waals surface area (Å²) < 4.78 is 3.80. The molecular weight excluding hydrogens is 344 g/mol. The number of carbonyl (C=O) groups is 1. The predicted octanol–water partition coefficient (Wildman–Crippen LogP) is 2.02. The second-order valence-electron chi connectivity index (χ2n) is 8.01. The Balaban J connectivity index is 0.000000659. The molecule has 2 bridgehead atoms. The van der Waals surface area contributed by atoms with Gasteiger partial charge in [-0.3, -0.25) is 14.3 Å². The molecule has 2 aromatic heterocycles. The first-order valence-electron chi connectivity index (χ1n) is 9.46. The molecule has 0 aromatic carbocycles. The number of piperidine rings is 1. The summed E-state index contributed by atoms with van der Waals surface area (Å²) in [6.07, 6.45) is 3.13. The smallest absolute Gasteiger partial charge is 0.290 e. The van der Waals surface area contributed by atoms with Crippen LogP contribution in [0.5, 0.6) is 0 Å². The highest BCUT2D eigenvalue weighted by molar-refractivity contribution is 5.59. The number of hydrogen-bond donors (Lipinski definition) is 1. The first-order valence-corrected chi connectivity index (χ1v) is 9.46. The molecule has 2 aliphatic heterocycles. The molecule has 7 heteroatoms. The molecule has 1 saturated heterocycles. The third kappa shape index (κ3) is 4.30. The van der Waals surface area contributed by atoms with Gasteiger partial charge in [0.05, 0.1) is 5.69 Å². The van der Waals surface area contributed by atoms with Gasteiger partial charge in [-0.05, 0) is 30.4 Å². The summed E-state index contributed by atoms with van der Waals surface area (Å²) in [6.45, 7) is 8.52. The Labute approximate surface area is 159 Å². The maximum absolute atomic E-state index is 12.7. The van der Waals surface area contributed by atoms with Crippen molar-refractivity contribution in [2.24, 2.45) is 18.9 Å². The van der Waals surface area contributed by atoms with Crippen LogP contribution in [0.15, 0.2) is 29.2 Å². The number of aryl methyl sites for hydroxylation is 1. The molecule has 0 aliphatic carbocycles. The maximum Gasteiger partial charge on any atom is 0.290 e. The Morgan fingerprint density at radius 2 is 2.04 bits per heavy atom. The van der Waals surface area contributed by atoms with Crippen molar-refractivity contribution in [3.8, 4) is 11.3 Å². The fourth-order valence-electron chi connectivity index (χ4n) is 4.44. The van der Waals surface area contributed by atoms with Gasteiger partial charge in [0.1, 0.15) is 0 Å². The molecule has 146 valence electrons. The van der Waals surface area contributed by atoms with Crippen LogP contribution in [0, 0.1) is 11.8 Å². The van der Waals surface area contributed by atoms with E-state index in [4.69, 9.17) is 9.90 Å². The molecule has 2 aromatic rings. The molecule has 7 nitrogen and oxygen atoms in total. The van der Waals surface area contributed by atoms with Crippen LogP contribution in [-0.4, -0.2) is 50.5 Å². The molecule has 2 atom stereocenters. The SMILES string of the molecule is CC(C)CN1C[C@@H]2C[C@H](C1)c1cc(-c3ccn(C)n3)cc(=O)n1C2.O=CO. The second kappa shape index (κ2) is 8.08. The van der Waals surface area contributed by atoms with E-state index >= 15 is 0 Å².